The number of benzene rings is 1. The molecule has 0 aliphatic heterocycles. The van der Waals surface area contributed by atoms with Gasteiger partial charge in [0.2, 0.25) is 0 Å². The highest BCUT2D eigenvalue weighted by molar-refractivity contribution is 5.92. The summed E-state index contributed by atoms with van der Waals surface area (Å²) in [6, 6.07) is 8.06. The number of hydrogen-bond acceptors (Lipinski definition) is 4. The number of aromatic hydroxyl groups is 1. The van der Waals surface area contributed by atoms with E-state index in [1.165, 1.54) is 0 Å². The first-order chi connectivity index (χ1) is 10.9. The molecule has 2 aromatic rings. The van der Waals surface area contributed by atoms with Crippen molar-refractivity contribution in [1.82, 2.24) is 15.1 Å². The van der Waals surface area contributed by atoms with Crippen molar-refractivity contribution in [2.75, 3.05) is 6.61 Å². The minimum absolute atomic E-state index is 0.170. The van der Waals surface area contributed by atoms with Gasteiger partial charge in [0.25, 0.3) is 5.91 Å². The topological polar surface area (TPSA) is 87.4 Å². The van der Waals surface area contributed by atoms with Crippen LogP contribution >= 0.6 is 0 Å². The first kappa shape index (κ1) is 17.0. The summed E-state index contributed by atoms with van der Waals surface area (Å²) in [6.45, 7) is 3.91. The Bertz CT molecular complexity index is 662. The van der Waals surface area contributed by atoms with E-state index in [1.54, 1.807) is 35.0 Å². The lowest BCUT2D eigenvalue weighted by molar-refractivity contribution is 0.0910. The molecular weight excluding hydrogens is 294 g/mol. The Balaban J connectivity index is 2.04. The van der Waals surface area contributed by atoms with Gasteiger partial charge >= 0.3 is 0 Å². The van der Waals surface area contributed by atoms with Crippen LogP contribution in [0.15, 0.2) is 30.3 Å². The molecule has 6 heteroatoms. The third kappa shape index (κ3) is 4.32. The molecule has 0 saturated heterocycles. The van der Waals surface area contributed by atoms with Crippen LogP contribution in [0.4, 0.5) is 0 Å². The van der Waals surface area contributed by atoms with Crippen molar-refractivity contribution in [3.63, 3.8) is 0 Å². The van der Waals surface area contributed by atoms with Gasteiger partial charge in [0.15, 0.2) is 0 Å². The van der Waals surface area contributed by atoms with Crippen molar-refractivity contribution in [3.8, 4) is 5.75 Å². The number of phenolic OH excluding ortho intramolecular Hbond substituents is 1. The molecule has 0 spiro atoms. The fourth-order valence-electron chi connectivity index (χ4n) is 2.47. The maximum absolute atomic E-state index is 12.3. The summed E-state index contributed by atoms with van der Waals surface area (Å²) in [6.07, 6.45) is 0.479. The molecule has 0 radical (unpaired) electrons. The fourth-order valence-corrected chi connectivity index (χ4v) is 2.47. The van der Waals surface area contributed by atoms with Crippen molar-refractivity contribution in [3.05, 3.63) is 47.3 Å². The van der Waals surface area contributed by atoms with Crippen molar-refractivity contribution in [1.29, 1.82) is 0 Å². The lowest BCUT2D eigenvalue weighted by Crippen LogP contribution is -2.39. The number of carbonyl (C=O) groups excluding carboxylic acids is 1. The SMILES string of the molecule is CC(C)c1cc(C(=O)N[C@H](CO)Cc2ccc(O)cc2)nn1C. The molecular formula is C17H23N3O3. The number of phenols is 1. The first-order valence-electron chi connectivity index (χ1n) is 7.64. The lowest BCUT2D eigenvalue weighted by Gasteiger charge is -2.15. The molecule has 0 saturated carbocycles. The molecule has 6 nitrogen and oxygen atoms in total. The van der Waals surface area contributed by atoms with Crippen LogP contribution < -0.4 is 5.32 Å². The van der Waals surface area contributed by atoms with E-state index in [0.717, 1.165) is 11.3 Å². The highest BCUT2D eigenvalue weighted by Gasteiger charge is 2.18. The largest absolute Gasteiger partial charge is 0.508 e. The first-order valence-corrected chi connectivity index (χ1v) is 7.64. The molecule has 0 bridgehead atoms. The zero-order valence-corrected chi connectivity index (χ0v) is 13.7. The molecule has 2 rings (SSSR count). The van der Waals surface area contributed by atoms with E-state index < -0.39 is 6.04 Å². The normalized spacial score (nSPS) is 12.4. The van der Waals surface area contributed by atoms with Crippen molar-refractivity contribution < 1.29 is 15.0 Å². The number of aromatic nitrogens is 2. The van der Waals surface area contributed by atoms with E-state index in [0.29, 0.717) is 12.1 Å². The molecule has 124 valence electrons. The van der Waals surface area contributed by atoms with Crippen LogP contribution in [0.5, 0.6) is 5.75 Å². The van der Waals surface area contributed by atoms with E-state index in [9.17, 15) is 15.0 Å². The standard InChI is InChI=1S/C17H23N3O3/c1-11(2)16-9-15(19-20(16)3)17(23)18-13(10-21)8-12-4-6-14(22)7-5-12/h4-7,9,11,13,21-22H,8,10H2,1-3H3,(H,18,23)/t13-/m0/s1. The highest BCUT2D eigenvalue weighted by atomic mass is 16.3. The van der Waals surface area contributed by atoms with Crippen LogP contribution in [0.25, 0.3) is 0 Å². The summed E-state index contributed by atoms with van der Waals surface area (Å²) < 4.78 is 1.70. The summed E-state index contributed by atoms with van der Waals surface area (Å²) in [5.74, 6) is 0.165. The zero-order valence-electron chi connectivity index (χ0n) is 13.7. The molecule has 0 unspecified atom stereocenters. The third-order valence-electron chi connectivity index (χ3n) is 3.71. The fraction of sp³-hybridized carbons (Fsp3) is 0.412. The molecule has 0 aliphatic rings. The summed E-state index contributed by atoms with van der Waals surface area (Å²) in [4.78, 5) is 12.3. The number of aliphatic hydroxyl groups excluding tert-OH is 1. The lowest BCUT2D eigenvalue weighted by atomic mass is 10.1. The number of nitrogens with zero attached hydrogens (tertiary/aromatic N) is 2. The van der Waals surface area contributed by atoms with Crippen LogP contribution in [0.3, 0.4) is 0 Å². The highest BCUT2D eigenvalue weighted by Crippen LogP contribution is 2.15. The van der Waals surface area contributed by atoms with E-state index in [-0.39, 0.29) is 24.2 Å². The smallest absolute Gasteiger partial charge is 0.272 e. The van der Waals surface area contributed by atoms with Crippen molar-refractivity contribution >= 4 is 5.91 Å². The van der Waals surface area contributed by atoms with Crippen LogP contribution in [-0.2, 0) is 13.5 Å². The molecule has 1 aromatic heterocycles. The molecule has 23 heavy (non-hydrogen) atoms. The number of amides is 1. The number of rotatable bonds is 6. The molecule has 0 fully saturated rings. The van der Waals surface area contributed by atoms with Gasteiger partial charge in [-0.2, -0.15) is 5.10 Å². The van der Waals surface area contributed by atoms with Gasteiger partial charge in [-0.05, 0) is 36.1 Å². The summed E-state index contributed by atoms with van der Waals surface area (Å²) in [5.41, 5.74) is 2.25. The van der Waals surface area contributed by atoms with E-state index in [1.807, 2.05) is 20.9 Å². The Kier molecular flexibility index (Phi) is 5.39. The van der Waals surface area contributed by atoms with E-state index in [2.05, 4.69) is 10.4 Å². The van der Waals surface area contributed by atoms with Gasteiger partial charge in [-0.3, -0.25) is 9.48 Å². The zero-order chi connectivity index (χ0) is 17.0. The van der Waals surface area contributed by atoms with Gasteiger partial charge in [0.05, 0.1) is 12.6 Å². The maximum atomic E-state index is 12.3. The predicted molar refractivity (Wildman–Crippen MR) is 87.4 cm³/mol. The Morgan fingerprint density at radius 2 is 1.96 bits per heavy atom. The van der Waals surface area contributed by atoms with Crippen LogP contribution in [-0.4, -0.2) is 38.5 Å². The average molecular weight is 317 g/mol. The second kappa shape index (κ2) is 7.28. The van der Waals surface area contributed by atoms with Crippen LogP contribution in [0.2, 0.25) is 0 Å². The van der Waals surface area contributed by atoms with E-state index in [4.69, 9.17) is 0 Å². The summed E-state index contributed by atoms with van der Waals surface area (Å²) in [7, 11) is 1.81. The maximum Gasteiger partial charge on any atom is 0.272 e. The average Bonchev–Trinajstić information content (AvgIpc) is 2.91. The van der Waals surface area contributed by atoms with Gasteiger partial charge < -0.3 is 15.5 Å². The molecule has 1 aromatic carbocycles. The Morgan fingerprint density at radius 3 is 2.48 bits per heavy atom. The number of hydrogen-bond donors (Lipinski definition) is 3. The minimum Gasteiger partial charge on any atom is -0.508 e. The van der Waals surface area contributed by atoms with Crippen LogP contribution in [0, 0.1) is 0 Å². The molecule has 1 atom stereocenters. The van der Waals surface area contributed by atoms with Gasteiger partial charge in [-0.25, -0.2) is 0 Å². The number of nitrogens with one attached hydrogen (secondary N) is 1. The summed E-state index contributed by atoms with van der Waals surface area (Å²) >= 11 is 0. The molecule has 0 aliphatic carbocycles. The van der Waals surface area contributed by atoms with Gasteiger partial charge in [0.1, 0.15) is 11.4 Å². The predicted octanol–water partition coefficient (Wildman–Crippen LogP) is 1.58. The number of carbonyl (C=O) groups is 1. The Labute approximate surface area is 135 Å². The third-order valence-corrected chi connectivity index (χ3v) is 3.71. The number of aliphatic hydroxyl groups is 1. The monoisotopic (exact) mass is 317 g/mol. The van der Waals surface area contributed by atoms with Crippen molar-refractivity contribution in [2.24, 2.45) is 7.05 Å². The summed E-state index contributed by atoms with van der Waals surface area (Å²) in [5, 5.41) is 25.8. The molecule has 1 heterocycles. The van der Waals surface area contributed by atoms with Gasteiger partial charge in [0, 0.05) is 12.7 Å². The van der Waals surface area contributed by atoms with Gasteiger partial charge in [-0.1, -0.05) is 26.0 Å². The number of aryl methyl sites for hydroxylation is 1. The second-order valence-corrected chi connectivity index (χ2v) is 5.96. The minimum atomic E-state index is -0.406. The molecule has 1 amide bonds. The quantitative estimate of drug-likeness (QED) is 0.755. The second-order valence-electron chi connectivity index (χ2n) is 5.96. The Hall–Kier alpha value is -2.34. The van der Waals surface area contributed by atoms with Crippen LogP contribution in [0.1, 0.15) is 41.5 Å². The molecule has 3 N–H and O–H groups in total. The Morgan fingerprint density at radius 1 is 1.30 bits per heavy atom. The van der Waals surface area contributed by atoms with Crippen molar-refractivity contribution in [2.45, 2.75) is 32.2 Å². The van der Waals surface area contributed by atoms with Gasteiger partial charge in [-0.15, -0.1) is 0 Å². The van der Waals surface area contributed by atoms with E-state index >= 15 is 0 Å².